The van der Waals surface area contributed by atoms with Gasteiger partial charge < -0.3 is 10.2 Å². The van der Waals surface area contributed by atoms with Gasteiger partial charge in [-0.15, -0.1) is 0 Å². The van der Waals surface area contributed by atoms with Crippen LogP contribution >= 0.6 is 0 Å². The normalized spacial score (nSPS) is 15.7. The maximum Gasteiger partial charge on any atom is 0.321 e. The third-order valence-corrected chi connectivity index (χ3v) is 3.93. The molecule has 8 heteroatoms. The first-order valence-electron chi connectivity index (χ1n) is 7.43. The number of benzene rings is 1. The van der Waals surface area contributed by atoms with Gasteiger partial charge in [0.1, 0.15) is 17.5 Å². The lowest BCUT2D eigenvalue weighted by atomic mass is 9.96. The summed E-state index contributed by atoms with van der Waals surface area (Å²) in [6.45, 7) is 2.91. The molecule has 122 valence electrons. The van der Waals surface area contributed by atoms with Crippen LogP contribution in [-0.4, -0.2) is 39.2 Å². The first kappa shape index (κ1) is 15.4. The Kier molecular flexibility index (Phi) is 4.22. The van der Waals surface area contributed by atoms with E-state index in [1.165, 1.54) is 6.07 Å². The topological polar surface area (TPSA) is 73.9 Å². The molecule has 23 heavy (non-hydrogen) atoms. The van der Waals surface area contributed by atoms with E-state index in [0.717, 1.165) is 36.6 Å². The van der Waals surface area contributed by atoms with E-state index in [2.05, 4.69) is 20.5 Å². The quantitative estimate of drug-likeness (QED) is 0.893. The van der Waals surface area contributed by atoms with Gasteiger partial charge in [-0.05, 0) is 31.9 Å². The van der Waals surface area contributed by atoms with Crippen LogP contribution in [0.1, 0.15) is 30.4 Å². The standard InChI is InChI=1S/C15H17F2N5O/c1-9-18-14(21-20-9)10-4-6-22(7-5-10)15(23)19-13-3-2-11(16)8-12(13)17/h2-3,8,10H,4-7H2,1H3,(H,19,23)(H,18,20,21). The van der Waals surface area contributed by atoms with Crippen molar-refractivity contribution >= 4 is 11.7 Å². The van der Waals surface area contributed by atoms with Gasteiger partial charge in [-0.2, -0.15) is 5.10 Å². The Bertz CT molecular complexity index is 710. The van der Waals surface area contributed by atoms with Crippen molar-refractivity contribution in [2.75, 3.05) is 18.4 Å². The molecule has 1 saturated heterocycles. The molecule has 0 unspecified atom stereocenters. The molecule has 0 saturated carbocycles. The molecule has 1 fully saturated rings. The van der Waals surface area contributed by atoms with Crippen molar-refractivity contribution < 1.29 is 13.6 Å². The Balaban J connectivity index is 1.58. The fraction of sp³-hybridized carbons (Fsp3) is 0.400. The fourth-order valence-electron chi connectivity index (χ4n) is 2.67. The molecule has 1 aromatic heterocycles. The summed E-state index contributed by atoms with van der Waals surface area (Å²) in [6.07, 6.45) is 1.49. The van der Waals surface area contributed by atoms with E-state index in [1.807, 2.05) is 6.92 Å². The molecule has 1 aliphatic rings. The van der Waals surface area contributed by atoms with Crippen LogP contribution in [0.15, 0.2) is 18.2 Å². The number of anilines is 1. The van der Waals surface area contributed by atoms with Crippen LogP contribution in [-0.2, 0) is 0 Å². The summed E-state index contributed by atoms with van der Waals surface area (Å²) in [5.74, 6) is 0.290. The van der Waals surface area contributed by atoms with Crippen molar-refractivity contribution in [2.45, 2.75) is 25.7 Å². The van der Waals surface area contributed by atoms with Crippen LogP contribution in [0.5, 0.6) is 0 Å². The predicted octanol–water partition coefficient (Wildman–Crippen LogP) is 2.80. The third-order valence-electron chi connectivity index (χ3n) is 3.93. The summed E-state index contributed by atoms with van der Waals surface area (Å²) in [6, 6.07) is 2.68. The van der Waals surface area contributed by atoms with Crippen LogP contribution in [0.2, 0.25) is 0 Å². The average molecular weight is 321 g/mol. The molecule has 2 N–H and O–H groups in total. The number of urea groups is 1. The highest BCUT2D eigenvalue weighted by Crippen LogP contribution is 2.26. The number of hydrogen-bond acceptors (Lipinski definition) is 3. The molecule has 0 radical (unpaired) electrons. The van der Waals surface area contributed by atoms with E-state index < -0.39 is 11.6 Å². The summed E-state index contributed by atoms with van der Waals surface area (Å²) in [7, 11) is 0. The Morgan fingerprint density at radius 3 is 2.70 bits per heavy atom. The molecule has 0 aliphatic carbocycles. The molecule has 0 atom stereocenters. The van der Waals surface area contributed by atoms with Crippen LogP contribution in [0.25, 0.3) is 0 Å². The second-order valence-corrected chi connectivity index (χ2v) is 5.59. The first-order valence-corrected chi connectivity index (χ1v) is 7.43. The number of hydrogen-bond donors (Lipinski definition) is 2. The number of nitrogens with one attached hydrogen (secondary N) is 2. The van der Waals surface area contributed by atoms with Crippen molar-refractivity contribution in [2.24, 2.45) is 0 Å². The monoisotopic (exact) mass is 321 g/mol. The minimum absolute atomic E-state index is 0.0249. The van der Waals surface area contributed by atoms with E-state index in [4.69, 9.17) is 0 Å². The van der Waals surface area contributed by atoms with Gasteiger partial charge in [-0.3, -0.25) is 5.10 Å². The molecule has 3 rings (SSSR count). The lowest BCUT2D eigenvalue weighted by molar-refractivity contribution is 0.193. The molecule has 2 aromatic rings. The zero-order valence-electron chi connectivity index (χ0n) is 12.6. The zero-order chi connectivity index (χ0) is 16.4. The van der Waals surface area contributed by atoms with Gasteiger partial charge >= 0.3 is 6.03 Å². The van der Waals surface area contributed by atoms with Gasteiger partial charge in [0.25, 0.3) is 0 Å². The van der Waals surface area contributed by atoms with E-state index >= 15 is 0 Å². The summed E-state index contributed by atoms with van der Waals surface area (Å²) in [5.41, 5.74) is -0.0249. The number of likely N-dealkylation sites (tertiary alicyclic amines) is 1. The second kappa shape index (κ2) is 6.31. The first-order chi connectivity index (χ1) is 11.0. The summed E-state index contributed by atoms with van der Waals surface area (Å²) in [5, 5.41) is 9.45. The highest BCUT2D eigenvalue weighted by atomic mass is 19.1. The number of aryl methyl sites for hydroxylation is 1. The van der Waals surface area contributed by atoms with E-state index in [1.54, 1.807) is 4.90 Å². The molecule has 1 aliphatic heterocycles. The fourth-order valence-corrected chi connectivity index (χ4v) is 2.67. The zero-order valence-corrected chi connectivity index (χ0v) is 12.6. The van der Waals surface area contributed by atoms with Crippen LogP contribution in [0.4, 0.5) is 19.3 Å². The number of nitrogens with zero attached hydrogens (tertiary/aromatic N) is 3. The molecule has 0 spiro atoms. The number of H-pyrrole nitrogens is 1. The lowest BCUT2D eigenvalue weighted by Crippen LogP contribution is -2.40. The molecule has 2 heterocycles. The maximum atomic E-state index is 13.6. The smallest absolute Gasteiger partial charge is 0.321 e. The second-order valence-electron chi connectivity index (χ2n) is 5.59. The van der Waals surface area contributed by atoms with Gasteiger partial charge in [0.15, 0.2) is 5.82 Å². The average Bonchev–Trinajstić information content (AvgIpc) is 2.97. The van der Waals surface area contributed by atoms with Gasteiger partial charge in [0.2, 0.25) is 0 Å². The van der Waals surface area contributed by atoms with Crippen molar-refractivity contribution in [1.82, 2.24) is 20.1 Å². The van der Waals surface area contributed by atoms with Crippen molar-refractivity contribution in [3.8, 4) is 0 Å². The Labute approximate surface area is 131 Å². The van der Waals surface area contributed by atoms with Crippen LogP contribution in [0.3, 0.4) is 0 Å². The number of piperidine rings is 1. The Morgan fingerprint density at radius 2 is 2.09 bits per heavy atom. The molecule has 6 nitrogen and oxygen atoms in total. The van der Waals surface area contributed by atoms with Gasteiger partial charge in [0.05, 0.1) is 5.69 Å². The largest absolute Gasteiger partial charge is 0.324 e. The number of amides is 2. The van der Waals surface area contributed by atoms with E-state index in [9.17, 15) is 13.6 Å². The number of halogens is 2. The highest BCUT2D eigenvalue weighted by Gasteiger charge is 2.26. The van der Waals surface area contributed by atoms with Crippen LogP contribution < -0.4 is 5.32 Å². The Morgan fingerprint density at radius 1 is 1.35 bits per heavy atom. The highest BCUT2D eigenvalue weighted by molar-refractivity contribution is 5.89. The van der Waals surface area contributed by atoms with Crippen molar-refractivity contribution in [3.05, 3.63) is 41.5 Å². The SMILES string of the molecule is Cc1nc(C2CCN(C(=O)Nc3ccc(F)cc3F)CC2)n[nH]1. The molecular formula is C15H17F2N5O. The number of rotatable bonds is 2. The maximum absolute atomic E-state index is 13.6. The predicted molar refractivity (Wildman–Crippen MR) is 80.0 cm³/mol. The van der Waals surface area contributed by atoms with Crippen molar-refractivity contribution in [3.63, 3.8) is 0 Å². The van der Waals surface area contributed by atoms with E-state index in [0.29, 0.717) is 13.1 Å². The van der Waals surface area contributed by atoms with Gasteiger partial charge in [-0.25, -0.2) is 18.6 Å². The van der Waals surface area contributed by atoms with E-state index in [-0.39, 0.29) is 17.6 Å². The number of aromatic nitrogens is 3. The minimum atomic E-state index is -0.788. The van der Waals surface area contributed by atoms with Gasteiger partial charge in [-0.1, -0.05) is 0 Å². The lowest BCUT2D eigenvalue weighted by Gasteiger charge is -2.30. The number of aromatic amines is 1. The third kappa shape index (κ3) is 3.46. The molecule has 0 bridgehead atoms. The van der Waals surface area contributed by atoms with Gasteiger partial charge in [0, 0.05) is 25.1 Å². The number of carbonyl (C=O) groups excluding carboxylic acids is 1. The molecule has 1 aromatic carbocycles. The summed E-state index contributed by atoms with van der Waals surface area (Å²) < 4.78 is 26.4. The Hall–Kier alpha value is -2.51. The van der Waals surface area contributed by atoms with Crippen LogP contribution in [0, 0.1) is 18.6 Å². The summed E-state index contributed by atoms with van der Waals surface area (Å²) >= 11 is 0. The summed E-state index contributed by atoms with van der Waals surface area (Å²) in [4.78, 5) is 18.1. The molecule has 2 amide bonds. The van der Waals surface area contributed by atoms with Crippen molar-refractivity contribution in [1.29, 1.82) is 0 Å². The minimum Gasteiger partial charge on any atom is -0.324 e. The number of carbonyl (C=O) groups is 1. The molecular weight excluding hydrogens is 304 g/mol.